The molecule has 1 aromatic heterocycles. The molecular formula is C18H20N4. The number of benzene rings is 1. The van der Waals surface area contributed by atoms with E-state index in [0.717, 1.165) is 18.8 Å². The summed E-state index contributed by atoms with van der Waals surface area (Å²) < 4.78 is 0. The van der Waals surface area contributed by atoms with Crippen LogP contribution in [0.25, 0.3) is 0 Å². The first-order valence-corrected chi connectivity index (χ1v) is 7.74. The van der Waals surface area contributed by atoms with Gasteiger partial charge in [0.1, 0.15) is 11.9 Å². The lowest BCUT2D eigenvalue weighted by atomic mass is 9.86. The first-order chi connectivity index (χ1) is 10.7. The Kier molecular flexibility index (Phi) is 4.06. The van der Waals surface area contributed by atoms with Crippen molar-refractivity contribution in [1.82, 2.24) is 9.97 Å². The summed E-state index contributed by atoms with van der Waals surface area (Å²) in [5.74, 6) is 1.42. The monoisotopic (exact) mass is 292 g/mol. The summed E-state index contributed by atoms with van der Waals surface area (Å²) in [5, 5.41) is 8.87. The summed E-state index contributed by atoms with van der Waals surface area (Å²) in [4.78, 5) is 10.9. The van der Waals surface area contributed by atoms with Gasteiger partial charge in [-0.2, -0.15) is 5.26 Å². The third kappa shape index (κ3) is 2.80. The number of hydrogen-bond donors (Lipinski definition) is 0. The normalized spacial score (nSPS) is 21.4. The van der Waals surface area contributed by atoms with Crippen molar-refractivity contribution in [2.45, 2.75) is 32.7 Å². The number of aromatic nitrogens is 2. The predicted octanol–water partition coefficient (Wildman–Crippen LogP) is 3.63. The van der Waals surface area contributed by atoms with Crippen LogP contribution in [0.5, 0.6) is 0 Å². The second-order valence-electron chi connectivity index (χ2n) is 6.04. The number of hydrogen-bond acceptors (Lipinski definition) is 4. The summed E-state index contributed by atoms with van der Waals surface area (Å²) >= 11 is 0. The van der Waals surface area contributed by atoms with Crippen molar-refractivity contribution >= 4 is 5.82 Å². The summed E-state index contributed by atoms with van der Waals surface area (Å²) in [6.07, 6.45) is 5.66. The molecule has 0 N–H and O–H groups in total. The van der Waals surface area contributed by atoms with Crippen molar-refractivity contribution in [3.63, 3.8) is 0 Å². The molecule has 4 heteroatoms. The van der Waals surface area contributed by atoms with Crippen molar-refractivity contribution in [3.8, 4) is 6.07 Å². The van der Waals surface area contributed by atoms with Gasteiger partial charge in [-0.25, -0.2) is 9.97 Å². The molecule has 0 amide bonds. The van der Waals surface area contributed by atoms with E-state index in [1.807, 2.05) is 6.07 Å². The Hall–Kier alpha value is -2.41. The van der Waals surface area contributed by atoms with E-state index in [-0.39, 0.29) is 0 Å². The summed E-state index contributed by atoms with van der Waals surface area (Å²) in [6, 6.07) is 11.1. The predicted molar refractivity (Wildman–Crippen MR) is 86.4 cm³/mol. The zero-order chi connectivity index (χ0) is 15.5. The SMILES string of the molecule is Cc1ccc(C2C(C)CCCN2c2cnc(C#N)cn2)cc1. The Balaban J connectivity index is 1.95. The molecule has 1 aliphatic heterocycles. The summed E-state index contributed by atoms with van der Waals surface area (Å²) in [5.41, 5.74) is 2.96. The molecule has 3 rings (SSSR count). The summed E-state index contributed by atoms with van der Waals surface area (Å²) in [6.45, 7) is 5.38. The highest BCUT2D eigenvalue weighted by Crippen LogP contribution is 2.38. The first-order valence-electron chi connectivity index (χ1n) is 7.74. The minimum Gasteiger partial charge on any atom is -0.348 e. The van der Waals surface area contributed by atoms with E-state index >= 15 is 0 Å². The van der Waals surface area contributed by atoms with Crippen LogP contribution in [0.2, 0.25) is 0 Å². The van der Waals surface area contributed by atoms with Gasteiger partial charge in [0.15, 0.2) is 5.69 Å². The molecule has 0 bridgehead atoms. The minimum absolute atomic E-state index is 0.316. The van der Waals surface area contributed by atoms with E-state index in [0.29, 0.717) is 17.7 Å². The fourth-order valence-corrected chi connectivity index (χ4v) is 3.24. The maximum absolute atomic E-state index is 8.87. The van der Waals surface area contributed by atoms with Crippen LogP contribution in [-0.2, 0) is 0 Å². The fraction of sp³-hybridized carbons (Fsp3) is 0.389. The van der Waals surface area contributed by atoms with Gasteiger partial charge < -0.3 is 4.90 Å². The molecule has 22 heavy (non-hydrogen) atoms. The van der Waals surface area contributed by atoms with Crippen molar-refractivity contribution in [3.05, 3.63) is 53.5 Å². The fourth-order valence-electron chi connectivity index (χ4n) is 3.24. The second-order valence-corrected chi connectivity index (χ2v) is 6.04. The maximum atomic E-state index is 8.87. The smallest absolute Gasteiger partial charge is 0.158 e. The Labute approximate surface area is 131 Å². The van der Waals surface area contributed by atoms with Crippen molar-refractivity contribution in [1.29, 1.82) is 5.26 Å². The van der Waals surface area contributed by atoms with Gasteiger partial charge in [0.05, 0.1) is 18.4 Å². The molecule has 0 saturated carbocycles. The number of aryl methyl sites for hydroxylation is 1. The lowest BCUT2D eigenvalue weighted by Crippen LogP contribution is -2.38. The van der Waals surface area contributed by atoms with Crippen LogP contribution in [0.1, 0.15) is 42.6 Å². The maximum Gasteiger partial charge on any atom is 0.158 e. The van der Waals surface area contributed by atoms with E-state index in [4.69, 9.17) is 5.26 Å². The van der Waals surface area contributed by atoms with Crippen LogP contribution in [-0.4, -0.2) is 16.5 Å². The van der Waals surface area contributed by atoms with Gasteiger partial charge in [-0.1, -0.05) is 36.8 Å². The standard InChI is InChI=1S/C18H20N4/c1-13-5-7-15(8-6-13)18-14(2)4-3-9-22(18)17-12-20-16(10-19)11-21-17/h5-8,11-12,14,18H,3-4,9H2,1-2H3. The molecule has 1 aliphatic rings. The number of nitrogens with zero attached hydrogens (tertiary/aromatic N) is 4. The third-order valence-corrected chi connectivity index (χ3v) is 4.40. The van der Waals surface area contributed by atoms with E-state index in [1.165, 1.54) is 17.5 Å². The van der Waals surface area contributed by atoms with Gasteiger partial charge >= 0.3 is 0 Å². The third-order valence-electron chi connectivity index (χ3n) is 4.40. The zero-order valence-electron chi connectivity index (χ0n) is 13.0. The molecule has 1 saturated heterocycles. The average Bonchev–Trinajstić information content (AvgIpc) is 2.56. The van der Waals surface area contributed by atoms with Crippen LogP contribution in [0.4, 0.5) is 5.82 Å². The molecule has 112 valence electrons. The lowest BCUT2D eigenvalue weighted by molar-refractivity contribution is 0.349. The molecule has 0 aliphatic carbocycles. The van der Waals surface area contributed by atoms with Gasteiger partial charge in [-0.3, -0.25) is 0 Å². The molecule has 2 heterocycles. The van der Waals surface area contributed by atoms with Gasteiger partial charge in [-0.15, -0.1) is 0 Å². The molecule has 2 unspecified atom stereocenters. The van der Waals surface area contributed by atoms with E-state index in [1.54, 1.807) is 12.4 Å². The number of piperidine rings is 1. The Bertz CT molecular complexity index is 670. The van der Waals surface area contributed by atoms with E-state index in [2.05, 4.69) is 53.0 Å². The average molecular weight is 292 g/mol. The first kappa shape index (κ1) is 14.5. The van der Waals surface area contributed by atoms with Crippen molar-refractivity contribution in [2.75, 3.05) is 11.4 Å². The van der Waals surface area contributed by atoms with Crippen LogP contribution in [0.15, 0.2) is 36.7 Å². The highest BCUT2D eigenvalue weighted by molar-refractivity contribution is 5.43. The van der Waals surface area contributed by atoms with Crippen LogP contribution in [0, 0.1) is 24.2 Å². The number of anilines is 1. The zero-order valence-corrected chi connectivity index (χ0v) is 13.0. The van der Waals surface area contributed by atoms with E-state index in [9.17, 15) is 0 Å². The quantitative estimate of drug-likeness (QED) is 0.848. The van der Waals surface area contributed by atoms with E-state index < -0.39 is 0 Å². The Morgan fingerprint density at radius 1 is 1.18 bits per heavy atom. The molecular weight excluding hydrogens is 272 g/mol. The van der Waals surface area contributed by atoms with Crippen LogP contribution in [0.3, 0.4) is 0 Å². The molecule has 1 aromatic carbocycles. The van der Waals surface area contributed by atoms with Crippen molar-refractivity contribution < 1.29 is 0 Å². The lowest BCUT2D eigenvalue weighted by Gasteiger charge is -2.41. The molecule has 2 atom stereocenters. The highest BCUT2D eigenvalue weighted by atomic mass is 15.2. The van der Waals surface area contributed by atoms with Gasteiger partial charge in [-0.05, 0) is 31.2 Å². The van der Waals surface area contributed by atoms with Crippen molar-refractivity contribution in [2.24, 2.45) is 5.92 Å². The molecule has 1 fully saturated rings. The summed E-state index contributed by atoms with van der Waals surface area (Å²) in [7, 11) is 0. The van der Waals surface area contributed by atoms with Gasteiger partial charge in [0.2, 0.25) is 0 Å². The van der Waals surface area contributed by atoms with Crippen LogP contribution >= 0.6 is 0 Å². The highest BCUT2D eigenvalue weighted by Gasteiger charge is 2.30. The molecule has 4 nitrogen and oxygen atoms in total. The number of rotatable bonds is 2. The second kappa shape index (κ2) is 6.15. The topological polar surface area (TPSA) is 52.8 Å². The molecule has 0 radical (unpaired) electrons. The Morgan fingerprint density at radius 2 is 1.95 bits per heavy atom. The molecule has 0 spiro atoms. The van der Waals surface area contributed by atoms with Gasteiger partial charge in [0, 0.05) is 6.54 Å². The molecule has 2 aromatic rings. The van der Waals surface area contributed by atoms with Gasteiger partial charge in [0.25, 0.3) is 0 Å². The Morgan fingerprint density at radius 3 is 2.59 bits per heavy atom. The number of nitriles is 1. The largest absolute Gasteiger partial charge is 0.348 e. The van der Waals surface area contributed by atoms with Crippen LogP contribution < -0.4 is 4.90 Å². The minimum atomic E-state index is 0.316.